The molecular weight excluding hydrogens is 472 g/mol. The molecule has 2 aromatic rings. The Kier molecular flexibility index (Phi) is 6.06. The molecule has 2 fully saturated rings. The largest absolute Gasteiger partial charge is 0.447 e. The summed E-state index contributed by atoms with van der Waals surface area (Å²) in [6.45, 7) is 1.46. The molecule has 0 unspecified atom stereocenters. The number of halogens is 2. The molecule has 2 aromatic carbocycles. The fraction of sp³-hybridized carbons (Fsp3) is 0.333. The number of hydrogen-bond donors (Lipinski definition) is 3. The van der Waals surface area contributed by atoms with E-state index in [-0.39, 0.29) is 24.1 Å². The number of cyclic esters (lactones) is 1. The lowest BCUT2D eigenvalue weighted by molar-refractivity contribution is 0.0951. The number of amides is 2. The third-order valence-corrected chi connectivity index (χ3v) is 6.37. The van der Waals surface area contributed by atoms with Gasteiger partial charge in [-0.25, -0.2) is 4.79 Å². The van der Waals surface area contributed by atoms with E-state index >= 15 is 0 Å². The van der Waals surface area contributed by atoms with Gasteiger partial charge in [-0.2, -0.15) is 0 Å². The van der Waals surface area contributed by atoms with Crippen LogP contribution in [0.1, 0.15) is 28.8 Å². The maximum absolute atomic E-state index is 12.7. The lowest BCUT2D eigenvalue weighted by Gasteiger charge is -2.33. The van der Waals surface area contributed by atoms with Crippen molar-refractivity contribution in [1.29, 1.82) is 0 Å². The van der Waals surface area contributed by atoms with Crippen LogP contribution in [0.4, 0.5) is 16.2 Å². The van der Waals surface area contributed by atoms with Gasteiger partial charge in [-0.05, 0) is 58.6 Å². The first-order valence-corrected chi connectivity index (χ1v) is 10.9. The molecule has 0 aliphatic carbocycles. The number of fused-ring (bicyclic) bond motifs is 1. The van der Waals surface area contributed by atoms with E-state index in [1.54, 1.807) is 29.2 Å². The predicted molar refractivity (Wildman–Crippen MR) is 120 cm³/mol. The number of hydrogen-bond acceptors (Lipinski definition) is 5. The van der Waals surface area contributed by atoms with E-state index in [1.165, 1.54) is 0 Å². The molecule has 0 bridgehead atoms. The summed E-state index contributed by atoms with van der Waals surface area (Å²) in [7, 11) is 0. The molecule has 0 radical (unpaired) electrons. The highest BCUT2D eigenvalue weighted by atomic mass is 79.9. The number of piperidine rings is 1. The van der Waals surface area contributed by atoms with Crippen LogP contribution in [0.5, 0.6) is 0 Å². The van der Waals surface area contributed by atoms with Gasteiger partial charge in [0.15, 0.2) is 0 Å². The third kappa shape index (κ3) is 4.49. The summed E-state index contributed by atoms with van der Waals surface area (Å²) >= 11 is 9.43. The van der Waals surface area contributed by atoms with Crippen LogP contribution in [0.25, 0.3) is 0 Å². The molecule has 2 amide bonds. The minimum absolute atomic E-state index is 0.0958. The highest BCUT2D eigenvalue weighted by molar-refractivity contribution is 9.10. The van der Waals surface area contributed by atoms with Crippen LogP contribution in [0.2, 0.25) is 5.02 Å². The second kappa shape index (κ2) is 8.73. The molecule has 2 aliphatic rings. The molecule has 7 nitrogen and oxygen atoms in total. The maximum atomic E-state index is 12.7. The van der Waals surface area contributed by atoms with Crippen molar-refractivity contribution in [1.82, 2.24) is 10.2 Å². The molecule has 4 rings (SSSR count). The second-order valence-corrected chi connectivity index (χ2v) is 8.81. The first kappa shape index (κ1) is 20.8. The van der Waals surface area contributed by atoms with E-state index in [2.05, 4.69) is 26.6 Å². The van der Waals surface area contributed by atoms with Crippen molar-refractivity contribution in [3.8, 4) is 0 Å². The van der Waals surface area contributed by atoms with Crippen molar-refractivity contribution in [3.63, 3.8) is 0 Å². The number of nitrogens with two attached hydrogens (primary N) is 1. The molecule has 0 saturated carbocycles. The zero-order valence-electron chi connectivity index (χ0n) is 16.2. The molecule has 0 spiro atoms. The smallest absolute Gasteiger partial charge is 0.410 e. The molecule has 30 heavy (non-hydrogen) atoms. The number of rotatable bonds is 5. The number of carbonyl (C=O) groups excluding carboxylic acids is 2. The minimum Gasteiger partial charge on any atom is -0.447 e. The average molecular weight is 494 g/mol. The number of carbonyl (C=O) groups is 2. The van der Waals surface area contributed by atoms with Crippen LogP contribution >= 0.6 is 27.5 Å². The first-order valence-electron chi connectivity index (χ1n) is 9.72. The van der Waals surface area contributed by atoms with Crippen LogP contribution in [0, 0.1) is 0 Å². The Balaban J connectivity index is 1.43. The van der Waals surface area contributed by atoms with Crippen LogP contribution in [-0.4, -0.2) is 42.1 Å². The van der Waals surface area contributed by atoms with Gasteiger partial charge in [0, 0.05) is 40.0 Å². The average Bonchev–Trinajstić information content (AvgIpc) is 3.09. The van der Waals surface area contributed by atoms with E-state index in [0.717, 1.165) is 28.6 Å². The quantitative estimate of drug-likeness (QED) is 0.547. The Labute approximate surface area is 188 Å². The molecule has 9 heteroatoms. The molecular formula is C21H22BrClN4O3. The fourth-order valence-corrected chi connectivity index (χ4v) is 4.43. The molecule has 0 aromatic heterocycles. The molecule has 2 aliphatic heterocycles. The van der Waals surface area contributed by atoms with Crippen molar-refractivity contribution in [2.75, 3.05) is 24.2 Å². The second-order valence-electron chi connectivity index (χ2n) is 7.52. The van der Waals surface area contributed by atoms with Crippen LogP contribution in [0.15, 0.2) is 40.9 Å². The Morgan fingerprint density at radius 3 is 2.83 bits per heavy atom. The van der Waals surface area contributed by atoms with Crippen molar-refractivity contribution in [2.45, 2.75) is 31.5 Å². The summed E-state index contributed by atoms with van der Waals surface area (Å²) in [6, 6.07) is 11.1. The lowest BCUT2D eigenvalue weighted by atomic mass is 9.98. The zero-order chi connectivity index (χ0) is 21.3. The van der Waals surface area contributed by atoms with Gasteiger partial charge in [-0.15, -0.1) is 0 Å². The van der Waals surface area contributed by atoms with Gasteiger partial charge in [-0.3, -0.25) is 4.79 Å². The van der Waals surface area contributed by atoms with Crippen molar-refractivity contribution < 1.29 is 14.3 Å². The summed E-state index contributed by atoms with van der Waals surface area (Å²) in [5.74, 6) is -0.248. The number of anilines is 2. The van der Waals surface area contributed by atoms with Gasteiger partial charge in [-0.1, -0.05) is 23.7 Å². The Hall–Kier alpha value is -2.45. The Morgan fingerprint density at radius 2 is 2.07 bits per heavy atom. The highest BCUT2D eigenvalue weighted by Gasteiger charge is 2.38. The SMILES string of the molecule is Nc1cc(Br)c(N[C@H]2CCN3C(=O)OC[C@@H]3C2)cc1C(=O)NCc1ccc(Cl)cc1. The van der Waals surface area contributed by atoms with Crippen LogP contribution < -0.4 is 16.4 Å². The van der Waals surface area contributed by atoms with Gasteiger partial charge in [0.25, 0.3) is 5.91 Å². The van der Waals surface area contributed by atoms with Crippen molar-refractivity contribution in [3.05, 3.63) is 57.0 Å². The van der Waals surface area contributed by atoms with E-state index in [9.17, 15) is 9.59 Å². The predicted octanol–water partition coefficient (Wildman–Crippen LogP) is 4.01. The van der Waals surface area contributed by atoms with E-state index in [4.69, 9.17) is 22.1 Å². The number of ether oxygens (including phenoxy) is 1. The third-order valence-electron chi connectivity index (χ3n) is 5.46. The Morgan fingerprint density at radius 1 is 1.30 bits per heavy atom. The van der Waals surface area contributed by atoms with Crippen LogP contribution in [0.3, 0.4) is 0 Å². The zero-order valence-corrected chi connectivity index (χ0v) is 18.5. The fourth-order valence-electron chi connectivity index (χ4n) is 3.83. The summed E-state index contributed by atoms with van der Waals surface area (Å²) in [6.07, 6.45) is 1.37. The van der Waals surface area contributed by atoms with Gasteiger partial charge in [0.1, 0.15) is 6.61 Å². The number of nitrogens with one attached hydrogen (secondary N) is 2. The highest BCUT2D eigenvalue weighted by Crippen LogP contribution is 2.32. The number of nitrogen functional groups attached to an aromatic ring is 1. The number of benzene rings is 2. The summed E-state index contributed by atoms with van der Waals surface area (Å²) in [4.78, 5) is 26.2. The topological polar surface area (TPSA) is 96.7 Å². The molecule has 158 valence electrons. The standard InChI is InChI=1S/C21H22BrClN4O3/c22-17-9-18(24)16(20(28)25-10-12-1-3-13(23)4-2-12)8-19(17)26-14-5-6-27-15(7-14)11-30-21(27)29/h1-4,8-9,14-15,26H,5-7,10-11,24H2,(H,25,28)/t14-,15-/m0/s1. The van der Waals surface area contributed by atoms with Gasteiger partial charge < -0.3 is 26.0 Å². The summed E-state index contributed by atoms with van der Waals surface area (Å²) < 4.78 is 5.92. The van der Waals surface area contributed by atoms with Crippen LogP contribution in [-0.2, 0) is 11.3 Å². The maximum Gasteiger partial charge on any atom is 0.410 e. The molecule has 2 atom stereocenters. The minimum atomic E-state index is -0.248. The normalized spacial score (nSPS) is 20.5. The molecule has 4 N–H and O–H groups in total. The first-order chi connectivity index (χ1) is 14.4. The summed E-state index contributed by atoms with van der Waals surface area (Å²) in [5, 5.41) is 7.03. The van der Waals surface area contributed by atoms with E-state index < -0.39 is 0 Å². The monoisotopic (exact) mass is 492 g/mol. The molecule has 2 heterocycles. The summed E-state index contributed by atoms with van der Waals surface area (Å²) in [5.41, 5.74) is 8.65. The van der Waals surface area contributed by atoms with Gasteiger partial charge >= 0.3 is 6.09 Å². The van der Waals surface area contributed by atoms with E-state index in [1.807, 2.05) is 12.1 Å². The van der Waals surface area contributed by atoms with Gasteiger partial charge in [0.2, 0.25) is 0 Å². The Bertz CT molecular complexity index is 969. The van der Waals surface area contributed by atoms with Gasteiger partial charge in [0.05, 0.1) is 11.6 Å². The van der Waals surface area contributed by atoms with E-state index in [0.29, 0.717) is 36.0 Å². The van der Waals surface area contributed by atoms with Crippen molar-refractivity contribution >= 4 is 50.9 Å². The number of nitrogens with zero attached hydrogens (tertiary/aromatic N) is 1. The molecule has 2 saturated heterocycles. The lowest BCUT2D eigenvalue weighted by Crippen LogP contribution is -2.45. The van der Waals surface area contributed by atoms with Crippen molar-refractivity contribution in [2.24, 2.45) is 0 Å².